The van der Waals surface area contributed by atoms with Crippen LogP contribution >= 0.6 is 0 Å². The molecular weight excluding hydrogens is 548 g/mol. The van der Waals surface area contributed by atoms with Gasteiger partial charge >= 0.3 is 12.2 Å². The lowest BCUT2D eigenvalue weighted by molar-refractivity contribution is -0.138. The number of rotatable bonds is 6. The smallest absolute Gasteiger partial charge is 0.369 e. The van der Waals surface area contributed by atoms with E-state index in [2.05, 4.69) is 0 Å². The van der Waals surface area contributed by atoms with Gasteiger partial charge in [0.1, 0.15) is 11.5 Å². The standard InChI is InChI=1S/C29H29F6N5O/c1-17-25-24(16-39(36-25)19-9-10-19)38(15-18-5-2-3-7-22(18)29(33,34)35)28(41)40(17)20-11-13-37(14-12-20)26-21(27(31)32)6-4-8-23(26)30/h2-8,16-17,19-20,27H,9-15H2,1H3/t17-/m1/s1. The van der Waals surface area contributed by atoms with Gasteiger partial charge in [-0.25, -0.2) is 18.0 Å². The monoisotopic (exact) mass is 577 g/mol. The van der Waals surface area contributed by atoms with Gasteiger partial charge in [0.05, 0.1) is 35.6 Å². The Balaban J connectivity index is 1.30. The van der Waals surface area contributed by atoms with Crippen molar-refractivity contribution in [3.05, 3.63) is 76.9 Å². The van der Waals surface area contributed by atoms with E-state index in [4.69, 9.17) is 5.10 Å². The lowest BCUT2D eigenvalue weighted by Gasteiger charge is -2.46. The van der Waals surface area contributed by atoms with Gasteiger partial charge in [0.25, 0.3) is 6.43 Å². The highest BCUT2D eigenvalue weighted by molar-refractivity contribution is 5.95. The van der Waals surface area contributed by atoms with E-state index in [-0.39, 0.29) is 48.5 Å². The van der Waals surface area contributed by atoms with Crippen LogP contribution in [0.2, 0.25) is 0 Å². The summed E-state index contributed by atoms with van der Waals surface area (Å²) in [4.78, 5) is 18.7. The summed E-state index contributed by atoms with van der Waals surface area (Å²) < 4.78 is 85.2. The third-order valence-corrected chi connectivity index (χ3v) is 8.30. The molecule has 0 N–H and O–H groups in total. The van der Waals surface area contributed by atoms with Crippen LogP contribution in [0.5, 0.6) is 0 Å². The molecule has 0 unspecified atom stereocenters. The zero-order valence-corrected chi connectivity index (χ0v) is 22.3. The second-order valence-electron chi connectivity index (χ2n) is 10.9. The fourth-order valence-electron chi connectivity index (χ4n) is 6.11. The van der Waals surface area contributed by atoms with E-state index in [1.165, 1.54) is 35.2 Å². The topological polar surface area (TPSA) is 44.6 Å². The number of para-hydroxylation sites is 1. The average Bonchev–Trinajstić information content (AvgIpc) is 3.69. The van der Waals surface area contributed by atoms with Crippen LogP contribution in [0.25, 0.3) is 0 Å². The summed E-state index contributed by atoms with van der Waals surface area (Å²) in [6, 6.07) is 7.80. The molecule has 0 bridgehead atoms. The molecule has 2 aliphatic heterocycles. The predicted molar refractivity (Wildman–Crippen MR) is 140 cm³/mol. The fourth-order valence-corrected chi connectivity index (χ4v) is 6.11. The molecule has 6 rings (SSSR count). The number of piperidine rings is 1. The Morgan fingerprint density at radius 3 is 2.34 bits per heavy atom. The van der Waals surface area contributed by atoms with Crippen molar-refractivity contribution in [1.82, 2.24) is 14.7 Å². The molecule has 218 valence electrons. The SMILES string of the molecule is C[C@@H]1c2nn(C3CC3)cc2N(Cc2ccccc2C(F)(F)F)C(=O)N1C1CCN(c2c(F)cccc2C(F)F)CC1. The summed E-state index contributed by atoms with van der Waals surface area (Å²) in [6.45, 7) is 2.04. The first-order valence-electron chi connectivity index (χ1n) is 13.7. The highest BCUT2D eigenvalue weighted by Gasteiger charge is 2.44. The molecule has 2 amide bonds. The predicted octanol–water partition coefficient (Wildman–Crippen LogP) is 7.49. The lowest BCUT2D eigenvalue weighted by Crippen LogP contribution is -2.55. The van der Waals surface area contributed by atoms with Crippen molar-refractivity contribution in [3.63, 3.8) is 0 Å². The van der Waals surface area contributed by atoms with Crippen LogP contribution in [0.1, 0.15) is 73.5 Å². The third kappa shape index (κ3) is 5.01. The molecule has 3 aromatic rings. The largest absolute Gasteiger partial charge is 0.416 e. The lowest BCUT2D eigenvalue weighted by atomic mass is 9.97. The Hall–Kier alpha value is -3.70. The molecule has 1 saturated carbocycles. The molecule has 2 aromatic carbocycles. The quantitative estimate of drug-likeness (QED) is 0.285. The van der Waals surface area contributed by atoms with E-state index < -0.39 is 36.1 Å². The van der Waals surface area contributed by atoms with Crippen LogP contribution in [-0.2, 0) is 12.7 Å². The molecule has 12 heteroatoms. The van der Waals surface area contributed by atoms with Crippen molar-refractivity contribution in [2.75, 3.05) is 22.9 Å². The number of fused-ring (bicyclic) bond motifs is 1. The number of urea groups is 1. The summed E-state index contributed by atoms with van der Waals surface area (Å²) >= 11 is 0. The Kier molecular flexibility index (Phi) is 6.89. The van der Waals surface area contributed by atoms with Crippen LogP contribution < -0.4 is 9.80 Å². The molecule has 3 heterocycles. The Bertz CT molecular complexity index is 1440. The van der Waals surface area contributed by atoms with Gasteiger partial charge in [0.2, 0.25) is 0 Å². The molecule has 41 heavy (non-hydrogen) atoms. The Morgan fingerprint density at radius 2 is 1.68 bits per heavy atom. The second kappa shape index (κ2) is 10.3. The van der Waals surface area contributed by atoms with Gasteiger partial charge < -0.3 is 9.80 Å². The van der Waals surface area contributed by atoms with E-state index in [1.54, 1.807) is 20.7 Å². The number of benzene rings is 2. The molecule has 1 saturated heterocycles. The minimum atomic E-state index is -4.58. The van der Waals surface area contributed by atoms with Crippen molar-refractivity contribution in [2.45, 2.75) is 69.9 Å². The van der Waals surface area contributed by atoms with Crippen LogP contribution in [0.15, 0.2) is 48.7 Å². The van der Waals surface area contributed by atoms with Gasteiger partial charge in [-0.2, -0.15) is 18.3 Å². The summed E-state index contributed by atoms with van der Waals surface area (Å²) in [6.07, 6.45) is -3.04. The minimum Gasteiger partial charge on any atom is -0.369 e. The maximum Gasteiger partial charge on any atom is 0.416 e. The number of aromatic nitrogens is 2. The number of amides is 2. The van der Waals surface area contributed by atoms with Crippen LogP contribution in [0.4, 0.5) is 42.5 Å². The van der Waals surface area contributed by atoms with Crippen LogP contribution in [0.3, 0.4) is 0 Å². The van der Waals surface area contributed by atoms with Gasteiger partial charge in [0, 0.05) is 30.9 Å². The highest BCUT2D eigenvalue weighted by Crippen LogP contribution is 2.44. The number of nitrogens with zero attached hydrogens (tertiary/aromatic N) is 5. The minimum absolute atomic E-state index is 0.0260. The van der Waals surface area contributed by atoms with E-state index >= 15 is 0 Å². The molecule has 0 spiro atoms. The van der Waals surface area contributed by atoms with Crippen LogP contribution in [0, 0.1) is 5.82 Å². The number of carbonyl (C=O) groups is 1. The zero-order chi connectivity index (χ0) is 29.1. The van der Waals surface area contributed by atoms with E-state index in [1.807, 2.05) is 6.92 Å². The number of carbonyl (C=O) groups excluding carboxylic acids is 1. The molecule has 2 fully saturated rings. The second-order valence-corrected chi connectivity index (χ2v) is 10.9. The molecule has 3 aliphatic rings. The molecular formula is C29H29F6N5O. The van der Waals surface area contributed by atoms with Gasteiger partial charge in [0.15, 0.2) is 0 Å². The molecule has 1 atom stereocenters. The van der Waals surface area contributed by atoms with Gasteiger partial charge in [-0.1, -0.05) is 30.3 Å². The van der Waals surface area contributed by atoms with Crippen molar-refractivity contribution in [1.29, 1.82) is 0 Å². The maximum atomic E-state index is 14.6. The third-order valence-electron chi connectivity index (χ3n) is 8.30. The fraction of sp³-hybridized carbons (Fsp3) is 0.448. The highest BCUT2D eigenvalue weighted by atomic mass is 19.4. The van der Waals surface area contributed by atoms with Crippen molar-refractivity contribution in [3.8, 4) is 0 Å². The van der Waals surface area contributed by atoms with E-state index in [9.17, 15) is 31.1 Å². The molecule has 1 aromatic heterocycles. The number of hydrogen-bond donors (Lipinski definition) is 0. The Morgan fingerprint density at radius 1 is 0.976 bits per heavy atom. The molecule has 0 radical (unpaired) electrons. The first kappa shape index (κ1) is 27.5. The van der Waals surface area contributed by atoms with E-state index in [0.717, 1.165) is 25.0 Å². The van der Waals surface area contributed by atoms with Crippen molar-refractivity contribution in [2.24, 2.45) is 0 Å². The first-order chi connectivity index (χ1) is 19.5. The van der Waals surface area contributed by atoms with Crippen LogP contribution in [-0.4, -0.2) is 39.8 Å². The summed E-state index contributed by atoms with van der Waals surface area (Å²) in [5.41, 5.74) is -0.236. The van der Waals surface area contributed by atoms with Gasteiger partial charge in [-0.15, -0.1) is 0 Å². The van der Waals surface area contributed by atoms with Crippen molar-refractivity contribution >= 4 is 17.4 Å². The maximum absolute atomic E-state index is 14.6. The van der Waals surface area contributed by atoms with Gasteiger partial charge in [-0.05, 0) is 50.3 Å². The number of halogens is 6. The summed E-state index contributed by atoms with van der Waals surface area (Å²) in [5, 5.41) is 4.76. The first-order valence-corrected chi connectivity index (χ1v) is 13.7. The average molecular weight is 578 g/mol. The summed E-state index contributed by atoms with van der Waals surface area (Å²) in [5.74, 6) is -0.728. The summed E-state index contributed by atoms with van der Waals surface area (Å²) in [7, 11) is 0. The van der Waals surface area contributed by atoms with Crippen molar-refractivity contribution < 1.29 is 31.1 Å². The van der Waals surface area contributed by atoms with E-state index in [0.29, 0.717) is 24.2 Å². The number of anilines is 2. The number of hydrogen-bond acceptors (Lipinski definition) is 3. The zero-order valence-electron chi connectivity index (χ0n) is 22.3. The normalized spacial score (nSPS) is 20.2. The number of alkyl halides is 5. The Labute approximate surface area is 233 Å². The van der Waals surface area contributed by atoms with Gasteiger partial charge in [-0.3, -0.25) is 9.58 Å². The molecule has 1 aliphatic carbocycles. The molecule has 6 nitrogen and oxygen atoms in total.